The normalized spacial score (nSPS) is 19.8. The highest BCUT2D eigenvalue weighted by Crippen LogP contribution is 2.38. The van der Waals surface area contributed by atoms with Gasteiger partial charge in [-0.1, -0.05) is 23.6 Å². The molecule has 2 aromatic heterocycles. The average molecular weight is 489 g/mol. The van der Waals surface area contributed by atoms with E-state index in [2.05, 4.69) is 10.9 Å². The largest absolute Gasteiger partial charge is 0.465 e. The van der Waals surface area contributed by atoms with Crippen LogP contribution >= 0.6 is 11.6 Å². The molecule has 1 aromatic carbocycles. The highest BCUT2D eigenvalue weighted by molar-refractivity contribution is 6.36. The number of hydrogen-bond donors (Lipinski definition) is 1. The molecule has 2 aliphatic rings. The number of carbonyl (C=O) groups excluding carboxylic acids is 1. The Morgan fingerprint density at radius 1 is 1.23 bits per heavy atom. The fraction of sp³-hybridized carbons (Fsp3) is 0.333. The molecule has 2 atom stereocenters. The second kappa shape index (κ2) is 9.20. The number of piperazine rings is 1. The number of nitrogens with zero attached hydrogens (tertiary/aromatic N) is 4. The number of benzene rings is 1. The molecular formula is C27H25ClN4O3. The number of fused-ring (bicyclic) bond motifs is 2. The van der Waals surface area contributed by atoms with Gasteiger partial charge < -0.3 is 14.9 Å². The quantitative estimate of drug-likeness (QED) is 0.541. The highest BCUT2D eigenvalue weighted by atomic mass is 35.5. The molecule has 0 bridgehead atoms. The van der Waals surface area contributed by atoms with Crippen molar-refractivity contribution in [2.45, 2.75) is 38.1 Å². The van der Waals surface area contributed by atoms with Crippen LogP contribution in [0.5, 0.6) is 0 Å². The lowest BCUT2D eigenvalue weighted by atomic mass is 9.84. The maximum Gasteiger partial charge on any atom is 0.407 e. The van der Waals surface area contributed by atoms with E-state index in [0.717, 1.165) is 47.2 Å². The Morgan fingerprint density at radius 3 is 2.74 bits per heavy atom. The summed E-state index contributed by atoms with van der Waals surface area (Å²) in [5.41, 5.74) is 4.96. The van der Waals surface area contributed by atoms with Crippen molar-refractivity contribution in [3.63, 3.8) is 0 Å². The van der Waals surface area contributed by atoms with Crippen molar-refractivity contribution in [1.29, 1.82) is 0 Å². The number of pyridine rings is 2. The van der Waals surface area contributed by atoms with Gasteiger partial charge in [-0.15, -0.1) is 6.42 Å². The van der Waals surface area contributed by atoms with Gasteiger partial charge in [0.2, 0.25) is 0 Å². The van der Waals surface area contributed by atoms with Crippen molar-refractivity contribution < 1.29 is 14.7 Å². The Hall–Kier alpha value is -3.63. The molecule has 8 heteroatoms. The Kier molecular flexibility index (Phi) is 6.08. The van der Waals surface area contributed by atoms with Crippen LogP contribution in [0.15, 0.2) is 36.5 Å². The molecule has 178 valence electrons. The molecule has 3 heterocycles. The Morgan fingerprint density at radius 2 is 2.06 bits per heavy atom. The molecule has 5 rings (SSSR count). The Balaban J connectivity index is 1.42. The summed E-state index contributed by atoms with van der Waals surface area (Å²) in [7, 11) is 0. The molecular weight excluding hydrogens is 464 g/mol. The van der Waals surface area contributed by atoms with Gasteiger partial charge in [0.1, 0.15) is 0 Å². The fourth-order valence-corrected chi connectivity index (χ4v) is 5.47. The predicted molar refractivity (Wildman–Crippen MR) is 134 cm³/mol. The minimum atomic E-state index is -0.959. The summed E-state index contributed by atoms with van der Waals surface area (Å²) < 4.78 is 0. The van der Waals surface area contributed by atoms with Gasteiger partial charge in [0.05, 0.1) is 10.5 Å². The third kappa shape index (κ3) is 4.30. The van der Waals surface area contributed by atoms with Crippen LogP contribution in [-0.2, 0) is 12.8 Å². The van der Waals surface area contributed by atoms with Crippen LogP contribution in [0, 0.1) is 12.3 Å². The number of aromatic nitrogens is 2. The molecule has 1 aliphatic heterocycles. The first-order valence-electron chi connectivity index (χ1n) is 11.7. The van der Waals surface area contributed by atoms with E-state index in [0.29, 0.717) is 35.7 Å². The number of carboxylic acid groups (broad SMARTS) is 1. The van der Waals surface area contributed by atoms with Gasteiger partial charge in [0, 0.05) is 65.7 Å². The SMILES string of the molecule is C#Cc1ccc(C2CCc3c(nc4cc(C(=O)N5CCN(C(=O)O)C[C@@H]5C)ccc4c3Cl)C2)nc1. The summed E-state index contributed by atoms with van der Waals surface area (Å²) in [4.78, 5) is 37.1. The minimum absolute atomic E-state index is 0.129. The van der Waals surface area contributed by atoms with E-state index in [1.54, 1.807) is 23.2 Å². The molecule has 35 heavy (non-hydrogen) atoms. The molecule has 0 spiro atoms. The van der Waals surface area contributed by atoms with E-state index in [1.807, 2.05) is 25.1 Å². The van der Waals surface area contributed by atoms with Crippen LogP contribution in [0.1, 0.15) is 52.1 Å². The number of amides is 2. The second-order valence-electron chi connectivity index (χ2n) is 9.21. The van der Waals surface area contributed by atoms with Crippen molar-refractivity contribution in [3.05, 3.63) is 69.6 Å². The first-order valence-corrected chi connectivity index (χ1v) is 12.1. The third-order valence-corrected chi connectivity index (χ3v) is 7.49. The second-order valence-corrected chi connectivity index (χ2v) is 9.59. The third-order valence-electron chi connectivity index (χ3n) is 7.06. The van der Waals surface area contributed by atoms with E-state index in [4.69, 9.17) is 23.0 Å². The van der Waals surface area contributed by atoms with Gasteiger partial charge in [-0.25, -0.2) is 4.79 Å². The van der Waals surface area contributed by atoms with Gasteiger partial charge in [0.25, 0.3) is 5.91 Å². The number of hydrogen-bond acceptors (Lipinski definition) is 4. The number of halogens is 1. The van der Waals surface area contributed by atoms with Crippen LogP contribution in [0.2, 0.25) is 5.02 Å². The van der Waals surface area contributed by atoms with Crippen molar-refractivity contribution in [1.82, 2.24) is 19.8 Å². The van der Waals surface area contributed by atoms with E-state index in [-0.39, 0.29) is 17.9 Å². The first kappa shape index (κ1) is 23.1. The van der Waals surface area contributed by atoms with Crippen LogP contribution < -0.4 is 0 Å². The van der Waals surface area contributed by atoms with Gasteiger partial charge in [-0.3, -0.25) is 14.8 Å². The monoisotopic (exact) mass is 488 g/mol. The molecule has 0 radical (unpaired) electrons. The van der Waals surface area contributed by atoms with Crippen LogP contribution in [-0.4, -0.2) is 62.6 Å². The van der Waals surface area contributed by atoms with Crippen LogP contribution in [0.25, 0.3) is 10.9 Å². The maximum atomic E-state index is 13.3. The number of terminal acetylenes is 1. The standard InChI is InChI=1S/C27H25ClN4O3/c1-3-17-4-9-22(29-14-17)18-5-7-20-23(12-18)30-24-13-19(6-8-21(24)25(20)28)26(33)32-11-10-31(27(34)35)15-16(32)2/h1,4,6,8-9,13-14,16,18H,5,7,10-12,15H2,2H3,(H,34,35)/t16-,18?/m0/s1. The predicted octanol–water partition coefficient (Wildman–Crippen LogP) is 4.36. The zero-order chi connectivity index (χ0) is 24.7. The van der Waals surface area contributed by atoms with E-state index in [1.165, 1.54) is 4.90 Å². The van der Waals surface area contributed by atoms with Crippen molar-refractivity contribution in [2.24, 2.45) is 0 Å². The number of rotatable bonds is 2. The van der Waals surface area contributed by atoms with Crippen LogP contribution in [0.3, 0.4) is 0 Å². The molecule has 7 nitrogen and oxygen atoms in total. The van der Waals surface area contributed by atoms with Gasteiger partial charge in [-0.05, 0) is 56.0 Å². The lowest BCUT2D eigenvalue weighted by molar-refractivity contribution is 0.0484. The summed E-state index contributed by atoms with van der Waals surface area (Å²) in [6.07, 6.45) is 8.68. The fourth-order valence-electron chi connectivity index (χ4n) is 5.11. The lowest BCUT2D eigenvalue weighted by Gasteiger charge is -2.38. The molecule has 2 amide bonds. The summed E-state index contributed by atoms with van der Waals surface area (Å²) in [5, 5.41) is 10.8. The first-order chi connectivity index (χ1) is 16.9. The molecule has 0 saturated carbocycles. The highest BCUT2D eigenvalue weighted by Gasteiger charge is 2.31. The summed E-state index contributed by atoms with van der Waals surface area (Å²) >= 11 is 6.81. The van der Waals surface area contributed by atoms with Crippen LogP contribution in [0.4, 0.5) is 4.79 Å². The number of carbonyl (C=O) groups is 2. The summed E-state index contributed by atoms with van der Waals surface area (Å²) in [6.45, 7) is 2.82. The summed E-state index contributed by atoms with van der Waals surface area (Å²) in [6, 6.07) is 9.12. The molecule has 1 N–H and O–H groups in total. The topological polar surface area (TPSA) is 86.6 Å². The van der Waals surface area contributed by atoms with Crippen molar-refractivity contribution in [2.75, 3.05) is 19.6 Å². The van der Waals surface area contributed by atoms with Crippen molar-refractivity contribution in [3.8, 4) is 12.3 Å². The molecule has 1 fully saturated rings. The van der Waals surface area contributed by atoms with Gasteiger partial charge in [0.15, 0.2) is 0 Å². The van der Waals surface area contributed by atoms with E-state index in [9.17, 15) is 14.7 Å². The van der Waals surface area contributed by atoms with E-state index < -0.39 is 6.09 Å². The summed E-state index contributed by atoms with van der Waals surface area (Å²) in [5.74, 6) is 2.70. The van der Waals surface area contributed by atoms with Gasteiger partial charge in [-0.2, -0.15) is 0 Å². The Labute approximate surface area is 208 Å². The van der Waals surface area contributed by atoms with E-state index >= 15 is 0 Å². The zero-order valence-electron chi connectivity index (χ0n) is 19.4. The molecule has 1 unspecified atom stereocenters. The lowest BCUT2D eigenvalue weighted by Crippen LogP contribution is -2.55. The average Bonchev–Trinajstić information content (AvgIpc) is 2.87. The van der Waals surface area contributed by atoms with Crippen molar-refractivity contribution >= 4 is 34.5 Å². The molecule has 1 aliphatic carbocycles. The molecule has 3 aromatic rings. The maximum absolute atomic E-state index is 13.3. The smallest absolute Gasteiger partial charge is 0.407 e. The minimum Gasteiger partial charge on any atom is -0.465 e. The molecule has 1 saturated heterocycles. The zero-order valence-corrected chi connectivity index (χ0v) is 20.1. The Bertz CT molecular complexity index is 1370. The van der Waals surface area contributed by atoms with Gasteiger partial charge >= 0.3 is 6.09 Å².